The molecular formula is C14H17ClFNO3S. The number of carbonyl (C=O) groups is 1. The molecule has 0 bridgehead atoms. The van der Waals surface area contributed by atoms with Gasteiger partial charge in [-0.1, -0.05) is 6.92 Å². The highest BCUT2D eigenvalue weighted by Crippen LogP contribution is 2.24. The number of hydrogen-bond acceptors (Lipinski definition) is 3. The number of rotatable bonds is 3. The van der Waals surface area contributed by atoms with Crippen molar-refractivity contribution in [2.24, 2.45) is 5.92 Å². The molecule has 2 rings (SSSR count). The SMILES string of the molecule is CC1CCC(NC(=O)c2ccc(F)c(S(=O)(=O)Cl)c2)CC1. The summed E-state index contributed by atoms with van der Waals surface area (Å²) in [5.41, 5.74) is 0.0919. The molecular weight excluding hydrogens is 317 g/mol. The second-order valence-electron chi connectivity index (χ2n) is 5.51. The molecule has 0 atom stereocenters. The molecule has 0 saturated heterocycles. The fraction of sp³-hybridized carbons (Fsp3) is 0.500. The minimum atomic E-state index is -4.21. The van der Waals surface area contributed by atoms with E-state index < -0.39 is 25.7 Å². The van der Waals surface area contributed by atoms with Gasteiger partial charge in [-0.25, -0.2) is 12.8 Å². The molecule has 0 radical (unpaired) electrons. The fourth-order valence-corrected chi connectivity index (χ4v) is 3.43. The van der Waals surface area contributed by atoms with Gasteiger partial charge in [0.2, 0.25) is 0 Å². The molecule has 1 N–H and O–H groups in total. The molecule has 0 unspecified atom stereocenters. The molecule has 116 valence electrons. The maximum atomic E-state index is 13.4. The Bertz CT molecular complexity index is 640. The van der Waals surface area contributed by atoms with Gasteiger partial charge in [-0.2, -0.15) is 0 Å². The van der Waals surface area contributed by atoms with Crippen LogP contribution in [-0.2, 0) is 9.05 Å². The van der Waals surface area contributed by atoms with E-state index in [4.69, 9.17) is 10.7 Å². The predicted molar refractivity (Wildman–Crippen MR) is 78.3 cm³/mol. The van der Waals surface area contributed by atoms with Crippen molar-refractivity contribution in [3.8, 4) is 0 Å². The largest absolute Gasteiger partial charge is 0.349 e. The number of amides is 1. The summed E-state index contributed by atoms with van der Waals surface area (Å²) < 4.78 is 35.9. The molecule has 0 spiro atoms. The minimum Gasteiger partial charge on any atom is -0.349 e. The van der Waals surface area contributed by atoms with Crippen LogP contribution in [0, 0.1) is 11.7 Å². The van der Waals surface area contributed by atoms with Gasteiger partial charge in [-0.3, -0.25) is 4.79 Å². The lowest BCUT2D eigenvalue weighted by Gasteiger charge is -2.26. The predicted octanol–water partition coefficient (Wildman–Crippen LogP) is 3.06. The van der Waals surface area contributed by atoms with Gasteiger partial charge in [0, 0.05) is 22.3 Å². The number of carbonyl (C=O) groups excluding carboxylic acids is 1. The topological polar surface area (TPSA) is 63.2 Å². The van der Waals surface area contributed by atoms with Crippen LogP contribution in [-0.4, -0.2) is 20.4 Å². The van der Waals surface area contributed by atoms with Crippen LogP contribution in [0.25, 0.3) is 0 Å². The summed E-state index contributed by atoms with van der Waals surface area (Å²) >= 11 is 0. The number of benzene rings is 1. The third-order valence-corrected chi connectivity index (χ3v) is 5.14. The van der Waals surface area contributed by atoms with Crippen molar-refractivity contribution >= 4 is 25.6 Å². The summed E-state index contributed by atoms with van der Waals surface area (Å²) in [6.45, 7) is 2.18. The van der Waals surface area contributed by atoms with Crippen molar-refractivity contribution in [2.45, 2.75) is 43.5 Å². The quantitative estimate of drug-likeness (QED) is 0.865. The number of hydrogen-bond donors (Lipinski definition) is 1. The van der Waals surface area contributed by atoms with E-state index in [2.05, 4.69) is 12.2 Å². The highest BCUT2D eigenvalue weighted by atomic mass is 35.7. The van der Waals surface area contributed by atoms with Gasteiger partial charge in [0.05, 0.1) is 0 Å². The minimum absolute atomic E-state index is 0.0785. The summed E-state index contributed by atoms with van der Waals surface area (Å²) in [6, 6.07) is 3.24. The van der Waals surface area contributed by atoms with Crippen molar-refractivity contribution in [1.29, 1.82) is 0 Å². The Morgan fingerprint density at radius 3 is 2.48 bits per heavy atom. The first kappa shape index (κ1) is 16.2. The third-order valence-electron chi connectivity index (χ3n) is 3.81. The summed E-state index contributed by atoms with van der Waals surface area (Å²) in [5.74, 6) is -0.707. The first-order valence-electron chi connectivity index (χ1n) is 6.82. The monoisotopic (exact) mass is 333 g/mol. The molecule has 1 aromatic carbocycles. The molecule has 1 aliphatic rings. The van der Waals surface area contributed by atoms with E-state index >= 15 is 0 Å². The van der Waals surface area contributed by atoms with Crippen LogP contribution in [0.3, 0.4) is 0 Å². The van der Waals surface area contributed by atoms with Crippen molar-refractivity contribution in [3.63, 3.8) is 0 Å². The van der Waals surface area contributed by atoms with Gasteiger partial charge < -0.3 is 5.32 Å². The van der Waals surface area contributed by atoms with Crippen molar-refractivity contribution < 1.29 is 17.6 Å². The number of halogens is 2. The van der Waals surface area contributed by atoms with E-state index in [1.54, 1.807) is 0 Å². The van der Waals surface area contributed by atoms with Crippen LogP contribution in [0.1, 0.15) is 43.0 Å². The Balaban J connectivity index is 2.13. The molecule has 1 fully saturated rings. The molecule has 0 aromatic heterocycles. The van der Waals surface area contributed by atoms with Crippen LogP contribution in [0.5, 0.6) is 0 Å². The van der Waals surface area contributed by atoms with E-state index in [9.17, 15) is 17.6 Å². The summed E-state index contributed by atoms with van der Waals surface area (Å²) in [4.78, 5) is 11.4. The fourth-order valence-electron chi connectivity index (χ4n) is 2.50. The zero-order valence-electron chi connectivity index (χ0n) is 11.6. The third kappa shape index (κ3) is 4.17. The van der Waals surface area contributed by atoms with Gasteiger partial charge in [0.1, 0.15) is 10.7 Å². The molecule has 4 nitrogen and oxygen atoms in total. The van der Waals surface area contributed by atoms with Crippen LogP contribution in [0.2, 0.25) is 0 Å². The average Bonchev–Trinajstić information content (AvgIpc) is 2.40. The lowest BCUT2D eigenvalue weighted by molar-refractivity contribution is 0.0922. The van der Waals surface area contributed by atoms with E-state index in [-0.39, 0.29) is 11.6 Å². The molecule has 7 heteroatoms. The summed E-state index contributed by atoms with van der Waals surface area (Å²) in [6.07, 6.45) is 3.90. The summed E-state index contributed by atoms with van der Waals surface area (Å²) in [5, 5.41) is 2.85. The zero-order valence-corrected chi connectivity index (χ0v) is 13.2. The molecule has 21 heavy (non-hydrogen) atoms. The van der Waals surface area contributed by atoms with Crippen LogP contribution in [0.15, 0.2) is 23.1 Å². The molecule has 0 heterocycles. The maximum absolute atomic E-state index is 13.4. The van der Waals surface area contributed by atoms with E-state index in [0.717, 1.165) is 37.8 Å². The molecule has 0 aliphatic heterocycles. The molecule has 1 aromatic rings. The smallest absolute Gasteiger partial charge is 0.264 e. The number of nitrogens with one attached hydrogen (secondary N) is 1. The van der Waals surface area contributed by atoms with E-state index in [1.807, 2.05) is 0 Å². The Hall–Kier alpha value is -1.14. The first-order chi connectivity index (χ1) is 9.77. The Kier molecular flexibility index (Phi) is 4.88. The Morgan fingerprint density at radius 2 is 1.90 bits per heavy atom. The normalized spacial score (nSPS) is 22.8. The lowest BCUT2D eigenvalue weighted by Crippen LogP contribution is -2.37. The highest BCUT2D eigenvalue weighted by molar-refractivity contribution is 8.13. The summed E-state index contributed by atoms with van der Waals surface area (Å²) in [7, 11) is 0.936. The van der Waals surface area contributed by atoms with Crippen LogP contribution in [0.4, 0.5) is 4.39 Å². The highest BCUT2D eigenvalue weighted by Gasteiger charge is 2.22. The van der Waals surface area contributed by atoms with Crippen molar-refractivity contribution in [2.75, 3.05) is 0 Å². The van der Waals surface area contributed by atoms with Crippen LogP contribution < -0.4 is 5.32 Å². The molecule has 1 aliphatic carbocycles. The molecule has 1 saturated carbocycles. The Morgan fingerprint density at radius 1 is 1.29 bits per heavy atom. The van der Waals surface area contributed by atoms with Gasteiger partial charge in [-0.15, -0.1) is 0 Å². The van der Waals surface area contributed by atoms with Gasteiger partial charge >= 0.3 is 0 Å². The average molecular weight is 334 g/mol. The zero-order chi connectivity index (χ0) is 15.6. The van der Waals surface area contributed by atoms with Gasteiger partial charge in [0.15, 0.2) is 0 Å². The van der Waals surface area contributed by atoms with Gasteiger partial charge in [-0.05, 0) is 49.8 Å². The van der Waals surface area contributed by atoms with Crippen molar-refractivity contribution in [1.82, 2.24) is 5.32 Å². The Labute approximate surface area is 128 Å². The van der Waals surface area contributed by atoms with Gasteiger partial charge in [0.25, 0.3) is 15.0 Å². The molecule has 1 amide bonds. The van der Waals surface area contributed by atoms with Crippen LogP contribution >= 0.6 is 10.7 Å². The van der Waals surface area contributed by atoms with E-state index in [0.29, 0.717) is 5.92 Å². The second-order valence-corrected chi connectivity index (χ2v) is 8.05. The lowest BCUT2D eigenvalue weighted by atomic mass is 9.87. The maximum Gasteiger partial charge on any atom is 0.264 e. The second kappa shape index (κ2) is 6.32. The standard InChI is InChI=1S/C14H17ClFNO3S/c1-9-2-5-11(6-3-9)17-14(18)10-4-7-12(16)13(8-10)21(15,19)20/h4,7-9,11H,2-3,5-6H2,1H3,(H,17,18). The van der Waals surface area contributed by atoms with Crippen molar-refractivity contribution in [3.05, 3.63) is 29.6 Å². The van der Waals surface area contributed by atoms with E-state index in [1.165, 1.54) is 6.07 Å². The first-order valence-corrected chi connectivity index (χ1v) is 9.13.